The quantitative estimate of drug-likeness (QED) is 0.845. The number of benzene rings is 2. The van der Waals surface area contributed by atoms with Gasteiger partial charge in [0.1, 0.15) is 5.75 Å². The first-order valence-corrected chi connectivity index (χ1v) is 8.70. The highest BCUT2D eigenvalue weighted by Crippen LogP contribution is 2.39. The predicted molar refractivity (Wildman–Crippen MR) is 96.3 cm³/mol. The number of nitrogens with zero attached hydrogens (tertiary/aromatic N) is 1. The van der Waals surface area contributed by atoms with Crippen molar-refractivity contribution in [1.29, 1.82) is 0 Å². The number of hydrogen-bond acceptors (Lipinski definition) is 3. The third-order valence-corrected chi connectivity index (χ3v) is 5.05. The summed E-state index contributed by atoms with van der Waals surface area (Å²) in [5, 5.41) is 9.68. The molecule has 5 heteroatoms. The summed E-state index contributed by atoms with van der Waals surface area (Å²) in [5.41, 5.74) is 2.15. The molecular weight excluding hydrogens is 370 g/mol. The number of aliphatic carboxylic acids is 1. The molecule has 2 unspecified atom stereocenters. The van der Waals surface area contributed by atoms with Crippen LogP contribution in [0, 0.1) is 5.92 Å². The summed E-state index contributed by atoms with van der Waals surface area (Å²) in [7, 11) is 1.62. The maximum atomic E-state index is 11.8. The summed E-state index contributed by atoms with van der Waals surface area (Å²) in [6.07, 6.45) is 0. The number of methoxy groups -OCH3 is 1. The van der Waals surface area contributed by atoms with Crippen LogP contribution in [0.3, 0.4) is 0 Å². The lowest BCUT2D eigenvalue weighted by molar-refractivity contribution is -0.141. The van der Waals surface area contributed by atoms with E-state index in [2.05, 4.69) is 33.0 Å². The fraction of sp³-hybridized carbons (Fsp3) is 0.316. The Bertz CT molecular complexity index is 720. The molecule has 1 N–H and O–H groups in total. The molecule has 2 atom stereocenters. The van der Waals surface area contributed by atoms with Gasteiger partial charge in [-0.15, -0.1) is 0 Å². The topological polar surface area (TPSA) is 49.8 Å². The molecule has 0 aliphatic carbocycles. The number of carboxylic acid groups (broad SMARTS) is 1. The molecule has 0 amide bonds. The molecule has 3 rings (SSSR count). The smallest absolute Gasteiger partial charge is 0.308 e. The van der Waals surface area contributed by atoms with Gasteiger partial charge in [0.25, 0.3) is 0 Å². The van der Waals surface area contributed by atoms with Gasteiger partial charge in [-0.05, 0) is 23.8 Å². The van der Waals surface area contributed by atoms with Crippen LogP contribution in [-0.4, -0.2) is 36.2 Å². The van der Waals surface area contributed by atoms with Crippen LogP contribution in [0.25, 0.3) is 0 Å². The van der Waals surface area contributed by atoms with Crippen LogP contribution < -0.4 is 4.74 Å². The minimum Gasteiger partial charge on any atom is -0.496 e. The highest BCUT2D eigenvalue weighted by Gasteiger charge is 2.39. The maximum Gasteiger partial charge on any atom is 0.308 e. The van der Waals surface area contributed by atoms with Crippen LogP contribution in [0.15, 0.2) is 53.0 Å². The fourth-order valence-corrected chi connectivity index (χ4v) is 3.80. The van der Waals surface area contributed by atoms with Crippen LogP contribution in [-0.2, 0) is 11.3 Å². The number of ether oxygens (including phenoxy) is 1. The van der Waals surface area contributed by atoms with Crippen molar-refractivity contribution < 1.29 is 14.6 Å². The highest BCUT2D eigenvalue weighted by atomic mass is 79.9. The standard InChI is InChI=1S/C19H20BrNO3/c1-24-18-8-7-14(20)9-15(18)16-11-21(12-17(16)19(22)23)10-13-5-3-2-4-6-13/h2-9,16-17H,10-12H2,1H3,(H,22,23). The van der Waals surface area contributed by atoms with Gasteiger partial charge in [0, 0.05) is 35.6 Å². The van der Waals surface area contributed by atoms with Crippen molar-refractivity contribution in [1.82, 2.24) is 4.90 Å². The van der Waals surface area contributed by atoms with E-state index in [9.17, 15) is 9.90 Å². The van der Waals surface area contributed by atoms with Crippen molar-refractivity contribution in [3.63, 3.8) is 0 Å². The minimum atomic E-state index is -0.752. The van der Waals surface area contributed by atoms with Crippen molar-refractivity contribution in [2.75, 3.05) is 20.2 Å². The molecule has 1 aliphatic heterocycles. The Balaban J connectivity index is 1.86. The zero-order valence-corrected chi connectivity index (χ0v) is 15.1. The Morgan fingerprint density at radius 2 is 2.00 bits per heavy atom. The largest absolute Gasteiger partial charge is 0.496 e. The van der Waals surface area contributed by atoms with Gasteiger partial charge in [-0.25, -0.2) is 0 Å². The normalized spacial score (nSPS) is 20.9. The maximum absolute atomic E-state index is 11.8. The van der Waals surface area contributed by atoms with Gasteiger partial charge in [0.05, 0.1) is 13.0 Å². The van der Waals surface area contributed by atoms with Crippen molar-refractivity contribution in [3.05, 3.63) is 64.1 Å². The minimum absolute atomic E-state index is 0.0846. The lowest BCUT2D eigenvalue weighted by Crippen LogP contribution is -2.23. The molecule has 0 spiro atoms. The molecule has 2 aromatic rings. The van der Waals surface area contributed by atoms with Gasteiger partial charge in [-0.3, -0.25) is 9.69 Å². The first kappa shape index (κ1) is 17.0. The number of hydrogen-bond donors (Lipinski definition) is 1. The molecule has 1 aliphatic rings. The van der Waals surface area contributed by atoms with Gasteiger partial charge in [0.2, 0.25) is 0 Å². The molecule has 1 heterocycles. The van der Waals surface area contributed by atoms with Crippen molar-refractivity contribution in [2.45, 2.75) is 12.5 Å². The zero-order valence-electron chi connectivity index (χ0n) is 13.5. The van der Waals surface area contributed by atoms with Crippen LogP contribution in [0.4, 0.5) is 0 Å². The fourth-order valence-electron chi connectivity index (χ4n) is 3.42. The van der Waals surface area contributed by atoms with Crippen molar-refractivity contribution in [3.8, 4) is 5.75 Å². The van der Waals surface area contributed by atoms with Gasteiger partial charge >= 0.3 is 5.97 Å². The molecule has 2 aromatic carbocycles. The van der Waals surface area contributed by atoms with E-state index in [1.54, 1.807) is 7.11 Å². The molecule has 0 aromatic heterocycles. The average Bonchev–Trinajstić information content (AvgIpc) is 2.99. The van der Waals surface area contributed by atoms with Crippen molar-refractivity contribution in [2.24, 2.45) is 5.92 Å². The SMILES string of the molecule is COc1ccc(Br)cc1C1CN(Cc2ccccc2)CC1C(=O)O. The average molecular weight is 390 g/mol. The zero-order chi connectivity index (χ0) is 17.1. The van der Waals surface area contributed by atoms with E-state index in [0.29, 0.717) is 13.1 Å². The number of rotatable bonds is 5. The Morgan fingerprint density at radius 1 is 1.25 bits per heavy atom. The van der Waals surface area contributed by atoms with E-state index in [4.69, 9.17) is 4.74 Å². The second-order valence-corrected chi connectivity index (χ2v) is 7.03. The Kier molecular flexibility index (Phi) is 5.21. The van der Waals surface area contributed by atoms with Crippen molar-refractivity contribution >= 4 is 21.9 Å². The summed E-state index contributed by atoms with van der Waals surface area (Å²) < 4.78 is 6.40. The Labute approximate surface area is 150 Å². The van der Waals surface area contributed by atoms with Crippen LogP contribution >= 0.6 is 15.9 Å². The third kappa shape index (κ3) is 3.62. The Hall–Kier alpha value is -1.85. The van der Waals surface area contributed by atoms with Gasteiger partial charge in [-0.2, -0.15) is 0 Å². The molecule has 0 bridgehead atoms. The van der Waals surface area contributed by atoms with E-state index in [0.717, 1.165) is 22.3 Å². The summed E-state index contributed by atoms with van der Waals surface area (Å²) in [4.78, 5) is 14.0. The number of likely N-dealkylation sites (tertiary alicyclic amines) is 1. The first-order chi connectivity index (χ1) is 11.6. The lowest BCUT2D eigenvalue weighted by atomic mass is 9.88. The molecule has 1 fully saturated rings. The molecular formula is C19H20BrNO3. The van der Waals surface area contributed by atoms with E-state index in [1.165, 1.54) is 5.56 Å². The second kappa shape index (κ2) is 7.36. The molecule has 4 nitrogen and oxygen atoms in total. The molecule has 0 saturated carbocycles. The van der Waals surface area contributed by atoms with Gasteiger partial charge in [-0.1, -0.05) is 46.3 Å². The summed E-state index contributed by atoms with van der Waals surface area (Å²) in [6.45, 7) is 2.01. The van der Waals surface area contributed by atoms with E-state index < -0.39 is 11.9 Å². The second-order valence-electron chi connectivity index (χ2n) is 6.12. The number of carbonyl (C=O) groups is 1. The van der Waals surface area contributed by atoms with E-state index in [-0.39, 0.29) is 5.92 Å². The summed E-state index contributed by atoms with van der Waals surface area (Å²) in [6, 6.07) is 15.9. The number of carboxylic acids is 1. The summed E-state index contributed by atoms with van der Waals surface area (Å²) in [5.74, 6) is -0.524. The predicted octanol–water partition coefficient (Wildman–Crippen LogP) is 3.76. The molecule has 0 radical (unpaired) electrons. The van der Waals surface area contributed by atoms with Crippen LogP contribution in [0.5, 0.6) is 5.75 Å². The van der Waals surface area contributed by atoms with Gasteiger partial charge < -0.3 is 9.84 Å². The van der Waals surface area contributed by atoms with E-state index >= 15 is 0 Å². The van der Waals surface area contributed by atoms with E-state index in [1.807, 2.05) is 36.4 Å². The summed E-state index contributed by atoms with van der Waals surface area (Å²) >= 11 is 3.48. The Morgan fingerprint density at radius 3 is 2.67 bits per heavy atom. The number of halogens is 1. The molecule has 24 heavy (non-hydrogen) atoms. The van der Waals surface area contributed by atoms with Crippen LogP contribution in [0.1, 0.15) is 17.0 Å². The van der Waals surface area contributed by atoms with Gasteiger partial charge in [0.15, 0.2) is 0 Å². The highest BCUT2D eigenvalue weighted by molar-refractivity contribution is 9.10. The molecule has 126 valence electrons. The first-order valence-electron chi connectivity index (χ1n) is 7.91. The monoisotopic (exact) mass is 389 g/mol. The molecule has 1 saturated heterocycles. The lowest BCUT2D eigenvalue weighted by Gasteiger charge is -2.19. The third-order valence-electron chi connectivity index (χ3n) is 4.55. The van der Waals surface area contributed by atoms with Crippen LogP contribution in [0.2, 0.25) is 0 Å².